The van der Waals surface area contributed by atoms with Crippen LogP contribution in [0.4, 0.5) is 5.13 Å². The topological polar surface area (TPSA) is 28.5 Å². The molecule has 0 aliphatic carbocycles. The number of anilines is 1. The first-order valence-corrected chi connectivity index (χ1v) is 12.0. The second-order valence-corrected chi connectivity index (χ2v) is 9.39. The van der Waals surface area contributed by atoms with E-state index in [0.717, 1.165) is 28.5 Å². The van der Waals surface area contributed by atoms with E-state index in [-0.39, 0.29) is 6.04 Å². The molecule has 0 saturated heterocycles. The molecule has 2 aromatic heterocycles. The Hall–Kier alpha value is -3.28. The van der Waals surface area contributed by atoms with Crippen molar-refractivity contribution < 1.29 is 0 Å². The van der Waals surface area contributed by atoms with E-state index < -0.39 is 0 Å². The van der Waals surface area contributed by atoms with Crippen LogP contribution in [0.15, 0.2) is 101 Å². The molecule has 0 amide bonds. The summed E-state index contributed by atoms with van der Waals surface area (Å²) < 4.78 is 0. The molecular weight excluding hydrogens is 418 g/mol. The number of fused-ring (bicyclic) bond motifs is 1. The average Bonchev–Trinajstić information content (AvgIpc) is 3.59. The highest BCUT2D eigenvalue weighted by atomic mass is 32.1. The van der Waals surface area contributed by atoms with Crippen LogP contribution in [0.1, 0.15) is 22.9 Å². The number of nitrogens with zero attached hydrogens (tertiary/aromatic N) is 3. The first-order valence-electron chi connectivity index (χ1n) is 10.3. The summed E-state index contributed by atoms with van der Waals surface area (Å²) in [5, 5.41) is 14.9. The maximum atomic E-state index is 5.08. The highest BCUT2D eigenvalue weighted by Gasteiger charge is 2.32. The molecule has 5 heteroatoms. The van der Waals surface area contributed by atoms with Crippen LogP contribution in [-0.2, 0) is 0 Å². The lowest BCUT2D eigenvalue weighted by Crippen LogP contribution is -2.17. The third kappa shape index (κ3) is 3.46. The van der Waals surface area contributed by atoms with Gasteiger partial charge in [-0.15, -0.1) is 22.7 Å². The fourth-order valence-electron chi connectivity index (χ4n) is 4.04. The predicted octanol–water partition coefficient (Wildman–Crippen LogP) is 7.38. The Kier molecular flexibility index (Phi) is 4.63. The molecule has 0 saturated carbocycles. The van der Waals surface area contributed by atoms with Crippen molar-refractivity contribution in [2.75, 3.05) is 5.01 Å². The molecular formula is C26H19N3S2. The van der Waals surface area contributed by atoms with Crippen LogP contribution < -0.4 is 5.01 Å². The second-order valence-electron chi connectivity index (χ2n) is 7.57. The van der Waals surface area contributed by atoms with Gasteiger partial charge >= 0.3 is 0 Å². The zero-order chi connectivity index (χ0) is 20.6. The Morgan fingerprint density at radius 1 is 0.774 bits per heavy atom. The number of hydrazone groups is 1. The van der Waals surface area contributed by atoms with Crippen LogP contribution in [0.5, 0.6) is 0 Å². The highest BCUT2D eigenvalue weighted by molar-refractivity contribution is 7.14. The summed E-state index contributed by atoms with van der Waals surface area (Å²) in [6, 6.07) is 29.9. The molecule has 1 aliphatic rings. The normalized spacial score (nSPS) is 16.1. The number of rotatable bonds is 4. The molecule has 1 aliphatic heterocycles. The van der Waals surface area contributed by atoms with Crippen LogP contribution in [0.3, 0.4) is 0 Å². The molecule has 150 valence electrons. The van der Waals surface area contributed by atoms with E-state index in [2.05, 4.69) is 94.6 Å². The lowest BCUT2D eigenvalue weighted by Gasteiger charge is -2.19. The molecule has 3 nitrogen and oxygen atoms in total. The smallest absolute Gasteiger partial charge is 0.207 e. The molecule has 3 aromatic carbocycles. The Morgan fingerprint density at radius 2 is 1.61 bits per heavy atom. The van der Waals surface area contributed by atoms with E-state index in [9.17, 15) is 0 Å². The standard InChI is InChI=1S/C26H19N3S2/c1-2-8-19(9-3-1)23-17-31-26(27-23)29-24(25-11-6-14-30-25)16-22(28-29)21-13-12-18-7-4-5-10-20(18)15-21/h1-15,17,24H,16H2. The quantitative estimate of drug-likeness (QED) is 0.293. The third-order valence-electron chi connectivity index (χ3n) is 5.62. The van der Waals surface area contributed by atoms with Crippen LogP contribution in [0.2, 0.25) is 0 Å². The van der Waals surface area contributed by atoms with Gasteiger partial charge in [-0.1, -0.05) is 72.8 Å². The Bertz CT molecular complexity index is 1370. The lowest BCUT2D eigenvalue weighted by atomic mass is 10.00. The lowest BCUT2D eigenvalue weighted by molar-refractivity contribution is 0.719. The molecule has 0 spiro atoms. The monoisotopic (exact) mass is 437 g/mol. The number of hydrogen-bond donors (Lipinski definition) is 0. The van der Waals surface area contributed by atoms with E-state index in [4.69, 9.17) is 10.1 Å². The number of thiophene rings is 1. The summed E-state index contributed by atoms with van der Waals surface area (Å²) in [6.07, 6.45) is 0.874. The molecule has 0 radical (unpaired) electrons. The molecule has 0 fully saturated rings. The second kappa shape index (κ2) is 7.76. The first kappa shape index (κ1) is 18.5. The molecule has 1 atom stereocenters. The maximum Gasteiger partial charge on any atom is 0.207 e. The first-order chi connectivity index (χ1) is 15.3. The fraction of sp³-hybridized carbons (Fsp3) is 0.0769. The van der Waals surface area contributed by atoms with Crippen molar-refractivity contribution in [3.05, 3.63) is 106 Å². The SMILES string of the molecule is c1ccc(-c2csc(N3N=C(c4ccc5ccccc5c4)CC3c3cccs3)n2)cc1. The Labute approximate surface area is 188 Å². The fourth-order valence-corrected chi connectivity index (χ4v) is 5.69. The minimum absolute atomic E-state index is 0.177. The predicted molar refractivity (Wildman–Crippen MR) is 132 cm³/mol. The van der Waals surface area contributed by atoms with Gasteiger partial charge in [-0.25, -0.2) is 9.99 Å². The molecule has 0 N–H and O–H groups in total. The van der Waals surface area contributed by atoms with Crippen LogP contribution >= 0.6 is 22.7 Å². The van der Waals surface area contributed by atoms with Crippen LogP contribution in [0, 0.1) is 0 Å². The highest BCUT2D eigenvalue weighted by Crippen LogP contribution is 2.40. The number of thiazole rings is 1. The summed E-state index contributed by atoms with van der Waals surface area (Å²) in [4.78, 5) is 6.26. The summed E-state index contributed by atoms with van der Waals surface area (Å²) >= 11 is 3.44. The molecule has 1 unspecified atom stereocenters. The van der Waals surface area contributed by atoms with Gasteiger partial charge in [0, 0.05) is 22.2 Å². The molecule has 31 heavy (non-hydrogen) atoms. The van der Waals surface area contributed by atoms with Gasteiger partial charge in [0.15, 0.2) is 0 Å². The van der Waals surface area contributed by atoms with Crippen molar-refractivity contribution in [3.8, 4) is 11.3 Å². The van der Waals surface area contributed by atoms with Crippen molar-refractivity contribution in [2.24, 2.45) is 5.10 Å². The van der Waals surface area contributed by atoms with Gasteiger partial charge in [0.25, 0.3) is 0 Å². The maximum absolute atomic E-state index is 5.08. The van der Waals surface area contributed by atoms with Gasteiger partial charge in [0.2, 0.25) is 5.13 Å². The van der Waals surface area contributed by atoms with E-state index in [1.165, 1.54) is 21.2 Å². The van der Waals surface area contributed by atoms with Crippen molar-refractivity contribution in [3.63, 3.8) is 0 Å². The van der Waals surface area contributed by atoms with Crippen molar-refractivity contribution in [1.82, 2.24) is 4.98 Å². The van der Waals surface area contributed by atoms with Crippen LogP contribution in [-0.4, -0.2) is 10.7 Å². The number of aromatic nitrogens is 1. The zero-order valence-corrected chi connectivity index (χ0v) is 18.3. The zero-order valence-electron chi connectivity index (χ0n) is 16.7. The van der Waals surface area contributed by atoms with Crippen molar-refractivity contribution in [2.45, 2.75) is 12.5 Å². The van der Waals surface area contributed by atoms with E-state index in [0.29, 0.717) is 0 Å². The van der Waals surface area contributed by atoms with E-state index in [1.807, 2.05) is 6.07 Å². The van der Waals surface area contributed by atoms with Gasteiger partial charge < -0.3 is 0 Å². The van der Waals surface area contributed by atoms with E-state index in [1.54, 1.807) is 22.7 Å². The number of hydrogen-bond acceptors (Lipinski definition) is 5. The summed E-state index contributed by atoms with van der Waals surface area (Å²) in [6.45, 7) is 0. The average molecular weight is 438 g/mol. The van der Waals surface area contributed by atoms with Gasteiger partial charge in [-0.05, 0) is 33.8 Å². The minimum atomic E-state index is 0.177. The van der Waals surface area contributed by atoms with Crippen molar-refractivity contribution >= 4 is 44.3 Å². The van der Waals surface area contributed by atoms with Crippen molar-refractivity contribution in [1.29, 1.82) is 0 Å². The summed E-state index contributed by atoms with van der Waals surface area (Å²) in [5.74, 6) is 0. The van der Waals surface area contributed by atoms with Gasteiger partial charge in [0.1, 0.15) is 0 Å². The van der Waals surface area contributed by atoms with Gasteiger partial charge in [-0.2, -0.15) is 5.10 Å². The van der Waals surface area contributed by atoms with Gasteiger partial charge in [-0.3, -0.25) is 0 Å². The largest absolute Gasteiger partial charge is 0.230 e. The van der Waals surface area contributed by atoms with E-state index >= 15 is 0 Å². The number of benzene rings is 3. The molecule has 3 heterocycles. The van der Waals surface area contributed by atoms with Crippen LogP contribution in [0.25, 0.3) is 22.0 Å². The molecule has 0 bridgehead atoms. The Balaban J connectivity index is 1.40. The summed E-state index contributed by atoms with van der Waals surface area (Å²) in [5.41, 5.74) is 4.43. The minimum Gasteiger partial charge on any atom is -0.230 e. The van der Waals surface area contributed by atoms with Gasteiger partial charge in [0.05, 0.1) is 17.4 Å². The summed E-state index contributed by atoms with van der Waals surface area (Å²) in [7, 11) is 0. The molecule has 5 aromatic rings. The Morgan fingerprint density at radius 3 is 2.45 bits per heavy atom. The third-order valence-corrected chi connectivity index (χ3v) is 7.43. The molecule has 6 rings (SSSR count).